The second-order valence-electron chi connectivity index (χ2n) is 18.3. The SMILES string of the molecule is CCC[C@H](OC(=O)c1ccccc1)C(=O)N[C@@H]1C[C@H](C)C(O[C@H]2OC(CC)CCC2C)C(=O)[C@H]1O[C@H]1OC(COC(=O)c2ccccc2)[C@@H](OC(=O)c2ccccc2)[C@H](C)C1OC(=O)c1ccccc1. The number of ketones is 1. The molecule has 0 radical (unpaired) electrons. The molecule has 3 aliphatic rings. The molecule has 15 nitrogen and oxygen atoms in total. The van der Waals surface area contributed by atoms with E-state index < -0.39 is 109 Å². The molecule has 3 fully saturated rings. The maximum Gasteiger partial charge on any atom is 0.338 e. The van der Waals surface area contributed by atoms with E-state index in [1.165, 1.54) is 0 Å². The number of Topliss-reactive ketones (excluding diaryl/α,β-unsaturated/α-hetero) is 1. The van der Waals surface area contributed by atoms with Gasteiger partial charge in [-0.15, -0.1) is 0 Å². The van der Waals surface area contributed by atoms with Crippen LogP contribution in [0.5, 0.6) is 0 Å². The summed E-state index contributed by atoms with van der Waals surface area (Å²) in [6.07, 6.45) is -6.71. The van der Waals surface area contributed by atoms with Crippen molar-refractivity contribution >= 4 is 35.6 Å². The summed E-state index contributed by atoms with van der Waals surface area (Å²) in [6, 6.07) is 32.1. The zero-order chi connectivity index (χ0) is 49.7. The second kappa shape index (κ2) is 24.5. The van der Waals surface area contributed by atoms with Crippen molar-refractivity contribution in [2.45, 2.75) is 134 Å². The van der Waals surface area contributed by atoms with E-state index in [4.69, 9.17) is 37.9 Å². The Labute approximate surface area is 408 Å². The van der Waals surface area contributed by atoms with Crippen LogP contribution in [0.15, 0.2) is 121 Å². The lowest BCUT2D eigenvalue weighted by atomic mass is 9.80. The second-order valence-corrected chi connectivity index (χ2v) is 18.3. The van der Waals surface area contributed by atoms with Gasteiger partial charge in [0.2, 0.25) is 0 Å². The van der Waals surface area contributed by atoms with Crippen molar-refractivity contribution in [1.82, 2.24) is 5.32 Å². The van der Waals surface area contributed by atoms with Crippen LogP contribution in [0.25, 0.3) is 0 Å². The van der Waals surface area contributed by atoms with Crippen LogP contribution in [0.3, 0.4) is 0 Å². The first-order valence-electron chi connectivity index (χ1n) is 24.3. The zero-order valence-electron chi connectivity index (χ0n) is 40.2. The van der Waals surface area contributed by atoms with Crippen molar-refractivity contribution in [2.24, 2.45) is 17.8 Å². The number of nitrogens with one attached hydrogen (secondary N) is 1. The Morgan fingerprint density at radius 2 is 1.13 bits per heavy atom. The van der Waals surface area contributed by atoms with Gasteiger partial charge in [0.15, 0.2) is 30.6 Å². The highest BCUT2D eigenvalue weighted by molar-refractivity contribution is 5.94. The molecule has 7 rings (SSSR count). The fraction of sp³-hybridized carbons (Fsp3) is 0.455. The molecule has 2 saturated heterocycles. The van der Waals surface area contributed by atoms with E-state index >= 15 is 4.79 Å². The lowest BCUT2D eigenvalue weighted by molar-refractivity contribution is -0.301. The van der Waals surface area contributed by atoms with Gasteiger partial charge in [-0.2, -0.15) is 0 Å². The Morgan fingerprint density at radius 3 is 1.67 bits per heavy atom. The molecule has 15 heteroatoms. The molecule has 4 aromatic carbocycles. The molecule has 1 saturated carbocycles. The molecule has 0 aromatic heterocycles. The van der Waals surface area contributed by atoms with E-state index in [0.717, 1.165) is 19.3 Å². The van der Waals surface area contributed by atoms with Crippen molar-refractivity contribution in [2.75, 3.05) is 6.61 Å². The minimum Gasteiger partial charge on any atom is -0.459 e. The zero-order valence-corrected chi connectivity index (χ0v) is 40.2. The third-order valence-electron chi connectivity index (χ3n) is 13.1. The number of amides is 1. The highest BCUT2D eigenvalue weighted by Gasteiger charge is 2.54. The topological polar surface area (TPSA) is 188 Å². The summed E-state index contributed by atoms with van der Waals surface area (Å²) in [5.74, 6) is -5.48. The average Bonchev–Trinajstić information content (AvgIpc) is 3.38. The molecular weight excluding hydrogens is 899 g/mol. The molecule has 13 atom stereocenters. The van der Waals surface area contributed by atoms with Gasteiger partial charge in [0.25, 0.3) is 5.91 Å². The van der Waals surface area contributed by atoms with Gasteiger partial charge < -0.3 is 43.2 Å². The minimum absolute atomic E-state index is 0.0344. The normalized spacial score (nSPS) is 28.1. The molecule has 2 heterocycles. The van der Waals surface area contributed by atoms with Crippen LogP contribution >= 0.6 is 0 Å². The van der Waals surface area contributed by atoms with Gasteiger partial charge in [-0.05, 0) is 86.6 Å². The summed E-state index contributed by atoms with van der Waals surface area (Å²) in [6.45, 7) is 8.95. The number of ether oxygens (including phenoxy) is 8. The summed E-state index contributed by atoms with van der Waals surface area (Å²) in [4.78, 5) is 84.0. The first-order chi connectivity index (χ1) is 33.8. The van der Waals surface area contributed by atoms with Crippen molar-refractivity contribution in [3.05, 3.63) is 144 Å². The van der Waals surface area contributed by atoms with Crippen LogP contribution in [-0.4, -0.2) is 104 Å². The highest BCUT2D eigenvalue weighted by atomic mass is 16.7. The summed E-state index contributed by atoms with van der Waals surface area (Å²) < 4.78 is 50.3. The van der Waals surface area contributed by atoms with E-state index in [9.17, 15) is 24.0 Å². The maximum absolute atomic E-state index is 15.2. The Kier molecular flexibility index (Phi) is 18.1. The number of carbonyl (C=O) groups is 6. The summed E-state index contributed by atoms with van der Waals surface area (Å²) in [7, 11) is 0. The van der Waals surface area contributed by atoms with Crippen molar-refractivity contribution < 1.29 is 66.7 Å². The van der Waals surface area contributed by atoms with Crippen LogP contribution in [0.4, 0.5) is 0 Å². The van der Waals surface area contributed by atoms with Gasteiger partial charge in [-0.3, -0.25) is 9.59 Å². The van der Waals surface area contributed by atoms with Crippen LogP contribution in [-0.2, 0) is 47.5 Å². The van der Waals surface area contributed by atoms with Gasteiger partial charge in [-0.1, -0.05) is 114 Å². The molecule has 2 aliphatic heterocycles. The number of carbonyl (C=O) groups excluding carboxylic acids is 6. The molecule has 5 unspecified atom stereocenters. The summed E-state index contributed by atoms with van der Waals surface area (Å²) in [5.41, 5.74) is 0.954. The van der Waals surface area contributed by atoms with Gasteiger partial charge in [0.05, 0.1) is 34.4 Å². The van der Waals surface area contributed by atoms with Gasteiger partial charge >= 0.3 is 23.9 Å². The summed E-state index contributed by atoms with van der Waals surface area (Å²) >= 11 is 0. The molecule has 70 heavy (non-hydrogen) atoms. The number of hydrogen-bond donors (Lipinski definition) is 1. The maximum atomic E-state index is 15.2. The predicted octanol–water partition coefficient (Wildman–Crippen LogP) is 8.10. The van der Waals surface area contributed by atoms with Crippen LogP contribution in [0.2, 0.25) is 0 Å². The van der Waals surface area contributed by atoms with E-state index in [1.807, 2.05) is 27.7 Å². The molecule has 1 N–H and O–H groups in total. The number of benzene rings is 4. The Bertz CT molecular complexity index is 2370. The molecule has 1 aliphatic carbocycles. The number of rotatable bonds is 18. The van der Waals surface area contributed by atoms with Gasteiger partial charge in [0, 0.05) is 11.8 Å². The van der Waals surface area contributed by atoms with Crippen molar-refractivity contribution in [3.63, 3.8) is 0 Å². The third-order valence-corrected chi connectivity index (χ3v) is 13.1. The Hall–Kier alpha value is -6.26. The molecule has 0 spiro atoms. The fourth-order valence-electron chi connectivity index (χ4n) is 9.11. The molecule has 0 bridgehead atoms. The quantitative estimate of drug-likeness (QED) is 0.0744. The first kappa shape index (κ1) is 51.6. The van der Waals surface area contributed by atoms with Gasteiger partial charge in [-0.25, -0.2) is 19.2 Å². The number of hydrogen-bond acceptors (Lipinski definition) is 14. The lowest BCUT2D eigenvalue weighted by Crippen LogP contribution is -2.64. The standard InChI is InChI=1S/C55H63NO14/c1-6-20-42(65-51(60)37-23-14-9-15-24-37)49(58)56-41-31-34(4)45(69-54-33(3)29-30-40(7-2)64-54)44(57)48(41)70-55-47(68-53(62)39-27-18-11-19-28-39)35(5)46(67-52(61)38-25-16-10-17-26-38)43(66-55)32-63-50(59)36-21-12-8-13-22-36/h8-19,21-28,33-35,40-43,45-48,54-55H,6-7,20,29-32H2,1-5H3,(H,56,58)/t33?,34-,35-,40?,41+,42-,43?,45?,46-,47?,48-,54+,55+/m0/s1. The summed E-state index contributed by atoms with van der Waals surface area (Å²) in [5, 5.41) is 2.97. The van der Waals surface area contributed by atoms with E-state index in [0.29, 0.717) is 6.42 Å². The van der Waals surface area contributed by atoms with Crippen LogP contribution in [0.1, 0.15) is 115 Å². The monoisotopic (exact) mass is 961 g/mol. The first-order valence-corrected chi connectivity index (χ1v) is 24.3. The van der Waals surface area contributed by atoms with Crippen molar-refractivity contribution in [3.8, 4) is 0 Å². The fourth-order valence-corrected chi connectivity index (χ4v) is 9.11. The third kappa shape index (κ3) is 12.9. The van der Waals surface area contributed by atoms with E-state index in [2.05, 4.69) is 5.32 Å². The predicted molar refractivity (Wildman–Crippen MR) is 254 cm³/mol. The Morgan fingerprint density at radius 1 is 0.614 bits per heavy atom. The molecular formula is C55H63NO14. The molecule has 4 aromatic rings. The molecule has 372 valence electrons. The smallest absolute Gasteiger partial charge is 0.338 e. The van der Waals surface area contributed by atoms with E-state index in [1.54, 1.807) is 128 Å². The largest absolute Gasteiger partial charge is 0.459 e. The van der Waals surface area contributed by atoms with Crippen molar-refractivity contribution in [1.29, 1.82) is 0 Å². The minimum atomic E-state index is -1.59. The van der Waals surface area contributed by atoms with Crippen LogP contribution < -0.4 is 5.32 Å². The Balaban J connectivity index is 1.24. The van der Waals surface area contributed by atoms with E-state index in [-0.39, 0.29) is 47.1 Å². The van der Waals surface area contributed by atoms with Crippen LogP contribution in [0, 0.1) is 17.8 Å². The average molecular weight is 962 g/mol. The lowest BCUT2D eigenvalue weighted by Gasteiger charge is -2.47. The number of esters is 4. The molecule has 1 amide bonds. The highest BCUT2D eigenvalue weighted by Crippen LogP contribution is 2.38. The van der Waals surface area contributed by atoms with Gasteiger partial charge in [0.1, 0.15) is 31.0 Å².